The fraction of sp³-hybridized carbons (Fsp3) is 0.316. The maximum absolute atomic E-state index is 12.7. The molecule has 1 unspecified atom stereocenters. The van der Waals surface area contributed by atoms with E-state index in [1.807, 2.05) is 26.2 Å². The first-order chi connectivity index (χ1) is 12.1. The molecule has 128 valence electrons. The van der Waals surface area contributed by atoms with Gasteiger partial charge in [-0.1, -0.05) is 18.2 Å². The van der Waals surface area contributed by atoms with Crippen molar-refractivity contribution in [3.63, 3.8) is 0 Å². The predicted molar refractivity (Wildman–Crippen MR) is 101 cm³/mol. The van der Waals surface area contributed by atoms with Gasteiger partial charge in [-0.25, -0.2) is 9.97 Å². The number of hydrogen-bond acceptors (Lipinski definition) is 5. The third-order valence-corrected chi connectivity index (χ3v) is 5.84. The zero-order valence-electron chi connectivity index (χ0n) is 14.3. The van der Waals surface area contributed by atoms with Gasteiger partial charge in [-0.3, -0.25) is 4.79 Å². The number of thiophene rings is 1. The summed E-state index contributed by atoms with van der Waals surface area (Å²) in [5.74, 6) is 1.18. The van der Waals surface area contributed by atoms with Crippen molar-refractivity contribution in [2.75, 3.05) is 32.1 Å². The smallest absolute Gasteiger partial charge is 0.263 e. The van der Waals surface area contributed by atoms with Gasteiger partial charge in [0.15, 0.2) is 0 Å². The Morgan fingerprint density at radius 2 is 1.96 bits per heavy atom. The molecule has 4 rings (SSSR count). The van der Waals surface area contributed by atoms with Gasteiger partial charge in [-0.15, -0.1) is 11.3 Å². The topological polar surface area (TPSA) is 49.3 Å². The van der Waals surface area contributed by atoms with Gasteiger partial charge in [0.1, 0.15) is 0 Å². The Hall–Kier alpha value is -2.47. The van der Waals surface area contributed by atoms with Crippen LogP contribution in [0.4, 0.5) is 5.95 Å². The molecule has 0 radical (unpaired) electrons. The van der Waals surface area contributed by atoms with E-state index in [0.29, 0.717) is 5.92 Å². The molecule has 1 saturated heterocycles. The average molecular weight is 352 g/mol. The van der Waals surface area contributed by atoms with Gasteiger partial charge in [-0.05, 0) is 29.5 Å². The van der Waals surface area contributed by atoms with Crippen molar-refractivity contribution in [3.05, 3.63) is 53.2 Å². The van der Waals surface area contributed by atoms with Crippen LogP contribution in [0.5, 0.6) is 0 Å². The van der Waals surface area contributed by atoms with Crippen LogP contribution in [-0.4, -0.2) is 48.0 Å². The maximum Gasteiger partial charge on any atom is 0.263 e. The van der Waals surface area contributed by atoms with Crippen LogP contribution in [0.1, 0.15) is 27.6 Å². The molecule has 3 heterocycles. The highest BCUT2D eigenvalue weighted by molar-refractivity contribution is 7.21. The van der Waals surface area contributed by atoms with Gasteiger partial charge in [0.05, 0.1) is 4.88 Å². The second-order valence-electron chi connectivity index (χ2n) is 6.52. The number of fused-ring (bicyclic) bond motifs is 1. The SMILES string of the molecule is CN(C)C(=O)c1sc2ccccc2c1C1CCN(c2ncccn2)C1. The Kier molecular flexibility index (Phi) is 4.13. The van der Waals surface area contributed by atoms with Gasteiger partial charge in [0.2, 0.25) is 5.95 Å². The van der Waals surface area contributed by atoms with E-state index in [9.17, 15) is 4.79 Å². The van der Waals surface area contributed by atoms with Crippen molar-refractivity contribution < 1.29 is 4.79 Å². The summed E-state index contributed by atoms with van der Waals surface area (Å²) < 4.78 is 1.18. The lowest BCUT2D eigenvalue weighted by molar-refractivity contribution is 0.0831. The Bertz CT molecular complexity index is 906. The van der Waals surface area contributed by atoms with Crippen molar-refractivity contribution in [3.8, 4) is 0 Å². The zero-order valence-corrected chi connectivity index (χ0v) is 15.2. The highest BCUT2D eigenvalue weighted by Gasteiger charge is 2.31. The number of amides is 1. The first kappa shape index (κ1) is 16.0. The summed E-state index contributed by atoms with van der Waals surface area (Å²) in [7, 11) is 3.63. The summed E-state index contributed by atoms with van der Waals surface area (Å²) in [5, 5.41) is 1.21. The largest absolute Gasteiger partial charge is 0.344 e. The molecule has 5 nitrogen and oxygen atoms in total. The lowest BCUT2D eigenvalue weighted by atomic mass is 9.95. The molecular formula is C19H20N4OS. The van der Waals surface area contributed by atoms with Crippen molar-refractivity contribution >= 4 is 33.3 Å². The molecule has 1 fully saturated rings. The molecule has 0 N–H and O–H groups in total. The molecular weight excluding hydrogens is 332 g/mol. The molecule has 0 aliphatic carbocycles. The standard InChI is InChI=1S/C19H20N4OS/c1-22(2)18(24)17-16(14-6-3-4-7-15(14)25-17)13-8-11-23(12-13)19-20-9-5-10-21-19/h3-7,9-10,13H,8,11-12H2,1-2H3. The number of anilines is 1. The lowest BCUT2D eigenvalue weighted by Crippen LogP contribution is -2.24. The van der Waals surface area contributed by atoms with Crippen LogP contribution in [0.25, 0.3) is 10.1 Å². The van der Waals surface area contributed by atoms with Crippen LogP contribution in [-0.2, 0) is 0 Å². The van der Waals surface area contributed by atoms with Gasteiger partial charge in [0.25, 0.3) is 5.91 Å². The van der Waals surface area contributed by atoms with Crippen molar-refractivity contribution in [2.45, 2.75) is 12.3 Å². The van der Waals surface area contributed by atoms with Crippen LogP contribution in [0, 0.1) is 0 Å². The van der Waals surface area contributed by atoms with Crippen molar-refractivity contribution in [1.29, 1.82) is 0 Å². The number of carbonyl (C=O) groups is 1. The van der Waals surface area contributed by atoms with E-state index in [4.69, 9.17) is 0 Å². The van der Waals surface area contributed by atoms with Crippen LogP contribution in [0.2, 0.25) is 0 Å². The third kappa shape index (κ3) is 2.87. The zero-order chi connectivity index (χ0) is 17.4. The molecule has 0 spiro atoms. The van der Waals surface area contributed by atoms with Crippen LogP contribution >= 0.6 is 11.3 Å². The van der Waals surface area contributed by atoms with Crippen LogP contribution in [0.15, 0.2) is 42.7 Å². The first-order valence-electron chi connectivity index (χ1n) is 8.40. The number of benzene rings is 1. The summed E-state index contributed by atoms with van der Waals surface area (Å²) in [5.41, 5.74) is 1.19. The molecule has 0 bridgehead atoms. The van der Waals surface area contributed by atoms with E-state index in [1.54, 1.807) is 28.6 Å². The predicted octanol–water partition coefficient (Wildman–Crippen LogP) is 3.39. The minimum Gasteiger partial charge on any atom is -0.344 e. The molecule has 1 aromatic carbocycles. The second-order valence-corrected chi connectivity index (χ2v) is 7.57. The average Bonchev–Trinajstić information content (AvgIpc) is 3.26. The second kappa shape index (κ2) is 6.44. The summed E-state index contributed by atoms with van der Waals surface area (Å²) in [6, 6.07) is 10.1. The third-order valence-electron chi connectivity index (χ3n) is 4.67. The number of carbonyl (C=O) groups excluding carboxylic acids is 1. The maximum atomic E-state index is 12.7. The van der Waals surface area contributed by atoms with E-state index < -0.39 is 0 Å². The number of nitrogens with zero attached hydrogens (tertiary/aromatic N) is 4. The number of aromatic nitrogens is 2. The normalized spacial score (nSPS) is 17.2. The fourth-order valence-corrected chi connectivity index (χ4v) is 4.78. The highest BCUT2D eigenvalue weighted by atomic mass is 32.1. The minimum absolute atomic E-state index is 0.0885. The fourth-order valence-electron chi connectivity index (χ4n) is 3.46. The van der Waals surface area contributed by atoms with Gasteiger partial charge < -0.3 is 9.80 Å². The monoisotopic (exact) mass is 352 g/mol. The van der Waals surface area contributed by atoms with Gasteiger partial charge >= 0.3 is 0 Å². The summed E-state index contributed by atoms with van der Waals surface area (Å²) >= 11 is 1.60. The lowest BCUT2D eigenvalue weighted by Gasteiger charge is -2.17. The summed E-state index contributed by atoms with van der Waals surface area (Å²) in [4.78, 5) is 26.2. The highest BCUT2D eigenvalue weighted by Crippen LogP contribution is 2.40. The molecule has 2 aromatic heterocycles. The van der Waals surface area contributed by atoms with Crippen molar-refractivity contribution in [2.24, 2.45) is 0 Å². The van der Waals surface area contributed by atoms with E-state index in [-0.39, 0.29) is 5.91 Å². The minimum atomic E-state index is 0.0885. The summed E-state index contributed by atoms with van der Waals surface area (Å²) in [6.07, 6.45) is 4.56. The molecule has 1 aliphatic heterocycles. The van der Waals surface area contributed by atoms with Crippen LogP contribution in [0.3, 0.4) is 0 Å². The van der Waals surface area contributed by atoms with E-state index in [0.717, 1.165) is 30.3 Å². The molecule has 1 atom stereocenters. The van der Waals surface area contributed by atoms with Crippen molar-refractivity contribution in [1.82, 2.24) is 14.9 Å². The molecule has 6 heteroatoms. The number of rotatable bonds is 3. The molecule has 25 heavy (non-hydrogen) atoms. The van der Waals surface area contributed by atoms with E-state index in [1.165, 1.54) is 15.6 Å². The molecule has 0 saturated carbocycles. The van der Waals surface area contributed by atoms with E-state index >= 15 is 0 Å². The first-order valence-corrected chi connectivity index (χ1v) is 9.22. The quantitative estimate of drug-likeness (QED) is 0.725. The Labute approximate surface area is 150 Å². The summed E-state index contributed by atoms with van der Waals surface area (Å²) in [6.45, 7) is 1.76. The molecule has 1 amide bonds. The molecule has 1 aliphatic rings. The molecule has 3 aromatic rings. The Balaban J connectivity index is 1.73. The number of hydrogen-bond donors (Lipinski definition) is 0. The van der Waals surface area contributed by atoms with Gasteiger partial charge in [0, 0.05) is 50.2 Å². The van der Waals surface area contributed by atoms with E-state index in [2.05, 4.69) is 33.1 Å². The van der Waals surface area contributed by atoms with Gasteiger partial charge in [-0.2, -0.15) is 0 Å². The Morgan fingerprint density at radius 3 is 2.72 bits per heavy atom. The Morgan fingerprint density at radius 1 is 1.20 bits per heavy atom. The van der Waals surface area contributed by atoms with Crippen LogP contribution < -0.4 is 4.90 Å².